The number of ketones is 1. The highest BCUT2D eigenvalue weighted by Gasteiger charge is 2.27. The minimum Gasteiger partial charge on any atom is -0.372 e. The summed E-state index contributed by atoms with van der Waals surface area (Å²) in [6.45, 7) is 10.2. The van der Waals surface area contributed by atoms with Gasteiger partial charge < -0.3 is 15.1 Å². The molecule has 0 unspecified atom stereocenters. The van der Waals surface area contributed by atoms with Crippen molar-refractivity contribution in [2.45, 2.75) is 58.4 Å². The number of anilines is 4. The van der Waals surface area contributed by atoms with E-state index in [-0.39, 0.29) is 22.9 Å². The van der Waals surface area contributed by atoms with Gasteiger partial charge in [-0.1, -0.05) is 12.8 Å². The maximum absolute atomic E-state index is 13.6. The summed E-state index contributed by atoms with van der Waals surface area (Å²) in [4.78, 5) is 73.3. The van der Waals surface area contributed by atoms with Crippen molar-refractivity contribution in [1.82, 2.24) is 34.0 Å². The summed E-state index contributed by atoms with van der Waals surface area (Å²) in [7, 11) is 0. The van der Waals surface area contributed by atoms with E-state index in [9.17, 15) is 19.2 Å². The highest BCUT2D eigenvalue weighted by molar-refractivity contribution is 5.99. The topological polar surface area (TPSA) is 154 Å². The van der Waals surface area contributed by atoms with Crippen molar-refractivity contribution >= 4 is 40.0 Å². The number of piperidine rings is 1. The molecule has 54 heavy (non-hydrogen) atoms. The van der Waals surface area contributed by atoms with Crippen LogP contribution in [0.25, 0.3) is 16.7 Å². The van der Waals surface area contributed by atoms with Gasteiger partial charge in [0, 0.05) is 81.4 Å². The molecule has 1 saturated carbocycles. The number of fused-ring (bicyclic) bond motifs is 1. The van der Waals surface area contributed by atoms with Gasteiger partial charge in [-0.25, -0.2) is 14.8 Å². The first-order valence-corrected chi connectivity index (χ1v) is 19.0. The quantitative estimate of drug-likeness (QED) is 0.207. The van der Waals surface area contributed by atoms with E-state index in [4.69, 9.17) is 4.98 Å². The number of carbonyl (C=O) groups is 1. The van der Waals surface area contributed by atoms with E-state index in [1.807, 2.05) is 36.5 Å². The number of Topliss-reactive ketones (excluding diaryl/α,β-unsaturated/α-hetero) is 1. The van der Waals surface area contributed by atoms with Gasteiger partial charge in [-0.3, -0.25) is 33.4 Å². The fourth-order valence-electron chi connectivity index (χ4n) is 8.44. The number of hydrogen-bond acceptors (Lipinski definition) is 11. The zero-order valence-corrected chi connectivity index (χ0v) is 30.8. The van der Waals surface area contributed by atoms with Crippen LogP contribution in [0.4, 0.5) is 23.1 Å². The Morgan fingerprint density at radius 1 is 0.815 bits per heavy atom. The van der Waals surface area contributed by atoms with Crippen molar-refractivity contribution in [1.29, 1.82) is 0 Å². The van der Waals surface area contributed by atoms with Crippen LogP contribution in [0.1, 0.15) is 67.4 Å². The number of carbonyl (C=O) groups excluding carboxylic acids is 1. The molecule has 0 bridgehead atoms. The van der Waals surface area contributed by atoms with Crippen LogP contribution in [0.5, 0.6) is 0 Å². The Bertz CT molecular complexity index is 2330. The van der Waals surface area contributed by atoms with Crippen molar-refractivity contribution < 1.29 is 4.79 Å². The van der Waals surface area contributed by atoms with E-state index < -0.39 is 11.2 Å². The molecule has 0 atom stereocenters. The minimum absolute atomic E-state index is 0.0226. The second-order valence-corrected chi connectivity index (χ2v) is 14.8. The van der Waals surface area contributed by atoms with Gasteiger partial charge in [0.25, 0.3) is 11.1 Å². The Balaban J connectivity index is 0.841. The summed E-state index contributed by atoms with van der Waals surface area (Å²) in [5, 5.41) is 3.95. The Morgan fingerprint density at radius 2 is 1.50 bits per heavy atom. The fraction of sp³-hybridized carbons (Fsp3) is 0.425. The van der Waals surface area contributed by atoms with Crippen LogP contribution in [0.2, 0.25) is 0 Å². The van der Waals surface area contributed by atoms with Crippen LogP contribution in [-0.2, 0) is 0 Å². The van der Waals surface area contributed by atoms with Gasteiger partial charge >= 0.3 is 5.69 Å². The first-order chi connectivity index (χ1) is 26.2. The minimum atomic E-state index is -0.441. The van der Waals surface area contributed by atoms with Gasteiger partial charge in [0.05, 0.1) is 23.1 Å². The smallest absolute Gasteiger partial charge is 0.332 e. The molecule has 1 aromatic carbocycles. The van der Waals surface area contributed by atoms with Crippen LogP contribution in [0, 0.1) is 12.8 Å². The summed E-state index contributed by atoms with van der Waals surface area (Å²) in [5.41, 5.74) is 3.25. The molecule has 2 saturated heterocycles. The van der Waals surface area contributed by atoms with Crippen molar-refractivity contribution in [3.63, 3.8) is 0 Å². The molecule has 14 heteroatoms. The van der Waals surface area contributed by atoms with Gasteiger partial charge in [-0.05, 0) is 87.4 Å². The second-order valence-electron chi connectivity index (χ2n) is 14.8. The number of hydrogen-bond donors (Lipinski definition) is 2. The largest absolute Gasteiger partial charge is 0.372 e. The van der Waals surface area contributed by atoms with Crippen molar-refractivity contribution in [2.75, 3.05) is 60.9 Å². The summed E-state index contributed by atoms with van der Waals surface area (Å²) in [6, 6.07) is 13.3. The highest BCUT2D eigenvalue weighted by atomic mass is 16.2. The second kappa shape index (κ2) is 15.0. The Kier molecular flexibility index (Phi) is 9.84. The number of aryl methyl sites for hydroxylation is 1. The zero-order valence-electron chi connectivity index (χ0n) is 30.8. The molecule has 6 heterocycles. The molecule has 3 aliphatic rings. The first kappa shape index (κ1) is 35.4. The van der Waals surface area contributed by atoms with Crippen LogP contribution in [0.3, 0.4) is 0 Å². The van der Waals surface area contributed by atoms with Crippen LogP contribution < -0.4 is 31.9 Å². The highest BCUT2D eigenvalue weighted by Crippen LogP contribution is 2.32. The molecule has 5 aromatic rings. The van der Waals surface area contributed by atoms with Crippen LogP contribution in [-0.4, -0.2) is 85.6 Å². The molecular weight excluding hydrogens is 685 g/mol. The van der Waals surface area contributed by atoms with E-state index in [1.54, 1.807) is 17.7 Å². The van der Waals surface area contributed by atoms with Crippen LogP contribution >= 0.6 is 0 Å². The fourth-order valence-corrected chi connectivity index (χ4v) is 8.44. The third-order valence-electron chi connectivity index (χ3n) is 11.4. The van der Waals surface area contributed by atoms with Gasteiger partial charge in [0.1, 0.15) is 11.5 Å². The van der Waals surface area contributed by atoms with E-state index in [0.29, 0.717) is 28.9 Å². The maximum Gasteiger partial charge on any atom is 0.332 e. The Labute approximate surface area is 312 Å². The lowest BCUT2D eigenvalue weighted by Gasteiger charge is -2.40. The molecule has 2 aliphatic heterocycles. The number of H-pyrrole nitrogens is 1. The molecule has 2 N–H and O–H groups in total. The van der Waals surface area contributed by atoms with Crippen molar-refractivity contribution in [3.05, 3.63) is 103 Å². The standard InChI is InChI=1S/C40H46N10O4/c1-26-33-24-42-39(45-37(33)50(31-5-3-4-6-31)38(53)36(26)27(2)51)43-34-12-11-32(23-41-34)48-21-19-46(20-22-48)25-28-13-16-47(17-14-28)29-7-9-30(10-8-29)49-18-15-35(52)44-40(49)54/h7-12,15,18,23-24,28,31H,3-6,13-14,16-17,19-22,25H2,1-2H3,(H,44,52,54)(H,41,42,43,45). The van der Waals surface area contributed by atoms with Gasteiger partial charge in [0.15, 0.2) is 5.78 Å². The SMILES string of the molecule is CC(=O)c1c(C)c2cnc(Nc3ccc(N4CCN(CC5CCN(c6ccc(-n7ccc(=O)[nH]c7=O)cc6)CC5)CC4)cn3)nc2n(C2CCCC2)c1=O. The van der Waals surface area contributed by atoms with Gasteiger partial charge in [0.2, 0.25) is 5.95 Å². The molecule has 0 radical (unpaired) electrons. The Morgan fingerprint density at radius 3 is 2.17 bits per heavy atom. The van der Waals surface area contributed by atoms with Crippen molar-refractivity contribution in [2.24, 2.45) is 5.92 Å². The van der Waals surface area contributed by atoms with Crippen LogP contribution in [0.15, 0.2) is 75.4 Å². The number of piperazine rings is 1. The molecule has 4 aromatic heterocycles. The lowest BCUT2D eigenvalue weighted by atomic mass is 9.95. The summed E-state index contributed by atoms with van der Waals surface area (Å²) >= 11 is 0. The van der Waals surface area contributed by atoms with E-state index in [0.717, 1.165) is 107 Å². The molecular formula is C40H46N10O4. The average molecular weight is 731 g/mol. The monoisotopic (exact) mass is 730 g/mol. The van der Waals surface area contributed by atoms with E-state index in [1.165, 1.54) is 23.8 Å². The molecule has 14 nitrogen and oxygen atoms in total. The summed E-state index contributed by atoms with van der Waals surface area (Å²) in [5.74, 6) is 1.41. The zero-order chi connectivity index (χ0) is 37.3. The third kappa shape index (κ3) is 7.17. The molecule has 3 fully saturated rings. The number of aromatic amines is 1. The number of nitrogens with one attached hydrogen (secondary N) is 2. The van der Waals surface area contributed by atoms with Gasteiger partial charge in [-0.2, -0.15) is 4.98 Å². The van der Waals surface area contributed by atoms with E-state index >= 15 is 0 Å². The predicted octanol–water partition coefficient (Wildman–Crippen LogP) is 4.43. The molecule has 0 spiro atoms. The summed E-state index contributed by atoms with van der Waals surface area (Å²) < 4.78 is 3.16. The molecule has 0 amide bonds. The third-order valence-corrected chi connectivity index (χ3v) is 11.4. The number of pyridine rings is 2. The lowest BCUT2D eigenvalue weighted by Crippen LogP contribution is -2.49. The number of benzene rings is 1. The number of aromatic nitrogens is 6. The lowest BCUT2D eigenvalue weighted by molar-refractivity contribution is 0.101. The molecule has 280 valence electrons. The average Bonchev–Trinajstić information content (AvgIpc) is 3.71. The molecule has 1 aliphatic carbocycles. The summed E-state index contributed by atoms with van der Waals surface area (Å²) in [6.07, 6.45) is 11.3. The number of rotatable bonds is 9. The first-order valence-electron chi connectivity index (χ1n) is 19.0. The predicted molar refractivity (Wildman–Crippen MR) is 210 cm³/mol. The van der Waals surface area contributed by atoms with E-state index in [2.05, 4.69) is 41.0 Å². The van der Waals surface area contributed by atoms with Crippen molar-refractivity contribution in [3.8, 4) is 5.69 Å². The normalized spacial score (nSPS) is 17.4. The number of nitrogens with zero attached hydrogens (tertiary/aromatic N) is 8. The maximum atomic E-state index is 13.6. The Hall–Kier alpha value is -5.63. The molecule has 8 rings (SSSR count). The van der Waals surface area contributed by atoms with Gasteiger partial charge in [-0.15, -0.1) is 0 Å².